The van der Waals surface area contributed by atoms with Crippen molar-refractivity contribution in [3.8, 4) is 0 Å². The van der Waals surface area contributed by atoms with E-state index in [0.717, 1.165) is 4.47 Å². The Morgan fingerprint density at radius 3 is 2.42 bits per heavy atom. The molecule has 0 bridgehead atoms. The van der Waals surface area contributed by atoms with Crippen LogP contribution in [0.4, 0.5) is 5.69 Å². The third-order valence-electron chi connectivity index (χ3n) is 2.98. The lowest BCUT2D eigenvalue weighted by atomic mass is 10.2. The van der Waals surface area contributed by atoms with Gasteiger partial charge in [-0.05, 0) is 34.5 Å². The predicted molar refractivity (Wildman–Crippen MR) is 97.4 cm³/mol. The summed E-state index contributed by atoms with van der Waals surface area (Å²) in [6.07, 6.45) is 1.13. The lowest BCUT2D eigenvalue weighted by Crippen LogP contribution is -2.44. The molecule has 0 aromatic heterocycles. The van der Waals surface area contributed by atoms with Crippen molar-refractivity contribution in [2.24, 2.45) is 0 Å². The van der Waals surface area contributed by atoms with Crippen LogP contribution in [0.3, 0.4) is 0 Å². The van der Waals surface area contributed by atoms with E-state index in [1.54, 1.807) is 18.2 Å². The van der Waals surface area contributed by atoms with Crippen molar-refractivity contribution in [2.75, 3.05) is 18.4 Å². The number of carbonyl (C=O) groups is 3. The minimum atomic E-state index is -0.994. The summed E-state index contributed by atoms with van der Waals surface area (Å²) in [6.45, 7) is 1.52. The summed E-state index contributed by atoms with van der Waals surface area (Å²) in [7, 11) is 0. The average Bonchev–Trinajstić information content (AvgIpc) is 2.51. The van der Waals surface area contributed by atoms with Crippen molar-refractivity contribution in [1.29, 1.82) is 0 Å². The highest BCUT2D eigenvalue weighted by Crippen LogP contribution is 2.20. The first kappa shape index (κ1) is 22.4. The van der Waals surface area contributed by atoms with Crippen LogP contribution in [0, 0.1) is 0 Å². The highest BCUT2D eigenvalue weighted by Gasteiger charge is 2.16. The van der Waals surface area contributed by atoms with E-state index in [-0.39, 0.29) is 31.4 Å². The van der Waals surface area contributed by atoms with Gasteiger partial charge in [-0.2, -0.15) is 0 Å². The van der Waals surface area contributed by atoms with E-state index in [1.807, 2.05) is 13.0 Å². The van der Waals surface area contributed by atoms with E-state index >= 15 is 0 Å². The van der Waals surface area contributed by atoms with Crippen LogP contribution in [0.25, 0.3) is 0 Å². The molecule has 0 aliphatic rings. The molecule has 134 valence electrons. The molecule has 1 aromatic carbocycles. The number of amides is 2. The fourth-order valence-electron chi connectivity index (χ4n) is 1.82. The van der Waals surface area contributed by atoms with Crippen LogP contribution in [0.2, 0.25) is 0 Å². The number of halogens is 2. The molecule has 1 atom stereocenters. The van der Waals surface area contributed by atoms with E-state index in [1.165, 1.54) is 0 Å². The fraction of sp³-hybridized carbons (Fsp3) is 0.400. The molecule has 0 spiro atoms. The summed E-state index contributed by atoms with van der Waals surface area (Å²) in [5.41, 5.74) is 0.610. The molecular weight excluding hydrogens is 402 g/mol. The highest BCUT2D eigenvalue weighted by molar-refractivity contribution is 9.10. The van der Waals surface area contributed by atoms with Gasteiger partial charge in [0, 0.05) is 4.47 Å². The number of hydrogen-bond acceptors (Lipinski definition) is 4. The number of nitrogens with one attached hydrogen (secondary N) is 3. The predicted octanol–water partition coefficient (Wildman–Crippen LogP) is 1.77. The smallest absolute Gasteiger partial charge is 0.320 e. The number of benzene rings is 1. The molecule has 9 heteroatoms. The van der Waals surface area contributed by atoms with E-state index in [2.05, 4.69) is 31.9 Å². The minimum absolute atomic E-state index is 0. The van der Waals surface area contributed by atoms with Gasteiger partial charge in [0.1, 0.15) is 6.04 Å². The maximum atomic E-state index is 11.8. The largest absolute Gasteiger partial charge is 0.480 e. The normalized spacial score (nSPS) is 11.1. The van der Waals surface area contributed by atoms with Crippen LogP contribution >= 0.6 is 28.3 Å². The zero-order valence-corrected chi connectivity index (χ0v) is 15.6. The highest BCUT2D eigenvalue weighted by atomic mass is 79.9. The minimum Gasteiger partial charge on any atom is -0.480 e. The maximum absolute atomic E-state index is 11.8. The summed E-state index contributed by atoms with van der Waals surface area (Å²) in [5, 5.41) is 16.7. The maximum Gasteiger partial charge on any atom is 0.320 e. The molecule has 0 radical (unpaired) electrons. The molecule has 0 aliphatic carbocycles. The molecule has 1 aromatic rings. The van der Waals surface area contributed by atoms with Crippen molar-refractivity contribution in [2.45, 2.75) is 25.8 Å². The molecular formula is C15H21BrClN3O4. The molecule has 1 rings (SSSR count). The van der Waals surface area contributed by atoms with Gasteiger partial charge in [0.25, 0.3) is 0 Å². The van der Waals surface area contributed by atoms with E-state index in [0.29, 0.717) is 18.5 Å². The molecule has 0 fully saturated rings. The van der Waals surface area contributed by atoms with Crippen LogP contribution in [0.15, 0.2) is 28.7 Å². The van der Waals surface area contributed by atoms with Gasteiger partial charge in [-0.25, -0.2) is 0 Å². The van der Waals surface area contributed by atoms with Gasteiger partial charge in [0.05, 0.1) is 18.8 Å². The number of para-hydroxylation sites is 1. The first-order valence-corrected chi connectivity index (χ1v) is 8.00. The Morgan fingerprint density at radius 1 is 1.17 bits per heavy atom. The van der Waals surface area contributed by atoms with Crippen molar-refractivity contribution in [3.05, 3.63) is 28.7 Å². The summed E-state index contributed by atoms with van der Waals surface area (Å²) in [6, 6.07) is 6.36. The number of carboxylic acids is 1. The van der Waals surface area contributed by atoms with Crippen LogP contribution in [0.5, 0.6) is 0 Å². The third kappa shape index (κ3) is 8.28. The Hall–Kier alpha value is -1.64. The second-order valence-corrected chi connectivity index (χ2v) is 5.72. The molecule has 2 amide bonds. The molecule has 0 aliphatic heterocycles. The molecule has 0 heterocycles. The average molecular weight is 423 g/mol. The number of carboxylic acid groups (broad SMARTS) is 1. The Morgan fingerprint density at radius 2 is 1.83 bits per heavy atom. The van der Waals surface area contributed by atoms with Crippen LogP contribution < -0.4 is 16.0 Å². The Kier molecular flexibility index (Phi) is 11.0. The Bertz CT molecular complexity index is 571. The first-order valence-electron chi connectivity index (χ1n) is 7.21. The van der Waals surface area contributed by atoms with Gasteiger partial charge >= 0.3 is 5.97 Å². The summed E-state index contributed by atoms with van der Waals surface area (Å²) in [5.74, 6) is -1.80. The van der Waals surface area contributed by atoms with Crippen LogP contribution in [-0.4, -0.2) is 42.0 Å². The van der Waals surface area contributed by atoms with Gasteiger partial charge in [0.15, 0.2) is 0 Å². The number of hydrogen-bond donors (Lipinski definition) is 4. The first-order chi connectivity index (χ1) is 10.9. The third-order valence-corrected chi connectivity index (χ3v) is 3.67. The lowest BCUT2D eigenvalue weighted by molar-refractivity contribution is -0.139. The van der Waals surface area contributed by atoms with Gasteiger partial charge in [-0.1, -0.05) is 25.5 Å². The van der Waals surface area contributed by atoms with Crippen LogP contribution in [-0.2, 0) is 14.4 Å². The summed E-state index contributed by atoms with van der Waals surface area (Å²) >= 11 is 3.31. The monoisotopic (exact) mass is 421 g/mol. The van der Waals surface area contributed by atoms with E-state index in [9.17, 15) is 14.4 Å². The van der Waals surface area contributed by atoms with Crippen molar-refractivity contribution in [1.82, 2.24) is 10.6 Å². The molecule has 0 saturated carbocycles. The molecule has 24 heavy (non-hydrogen) atoms. The summed E-state index contributed by atoms with van der Waals surface area (Å²) in [4.78, 5) is 34.3. The van der Waals surface area contributed by atoms with Gasteiger partial charge in [-0.15, -0.1) is 12.4 Å². The molecule has 4 N–H and O–H groups in total. The van der Waals surface area contributed by atoms with E-state index < -0.39 is 17.9 Å². The van der Waals surface area contributed by atoms with Crippen molar-refractivity contribution in [3.63, 3.8) is 0 Å². The van der Waals surface area contributed by atoms with Crippen molar-refractivity contribution >= 4 is 51.8 Å². The van der Waals surface area contributed by atoms with Gasteiger partial charge in [0.2, 0.25) is 11.8 Å². The molecule has 0 saturated heterocycles. The van der Waals surface area contributed by atoms with Crippen molar-refractivity contribution < 1.29 is 19.5 Å². The molecule has 1 unspecified atom stereocenters. The lowest BCUT2D eigenvalue weighted by Gasteiger charge is -2.13. The quantitative estimate of drug-likeness (QED) is 0.485. The second kappa shape index (κ2) is 11.8. The number of aliphatic carboxylic acids is 1. The standard InChI is InChI=1S/C15H20BrN3O4.ClH/c1-2-5-12(15(22)23)17-8-13(20)18-9-14(21)19-11-7-4-3-6-10(11)16;/h3-4,6-7,12,17H,2,5,8-9H2,1H3,(H,18,20)(H,19,21)(H,22,23);1H. The summed E-state index contributed by atoms with van der Waals surface area (Å²) < 4.78 is 0.741. The SMILES string of the molecule is CCCC(NCC(=O)NCC(=O)Nc1ccccc1Br)C(=O)O.Cl. The van der Waals surface area contributed by atoms with Gasteiger partial charge < -0.3 is 15.7 Å². The Labute approximate surface area is 155 Å². The van der Waals surface area contributed by atoms with E-state index in [4.69, 9.17) is 5.11 Å². The zero-order valence-electron chi connectivity index (χ0n) is 13.2. The zero-order chi connectivity index (χ0) is 17.2. The second-order valence-electron chi connectivity index (χ2n) is 4.87. The van der Waals surface area contributed by atoms with Gasteiger partial charge in [-0.3, -0.25) is 19.7 Å². The fourth-order valence-corrected chi connectivity index (χ4v) is 2.20. The number of carbonyl (C=O) groups excluding carboxylic acids is 2. The molecule has 7 nitrogen and oxygen atoms in total. The topological polar surface area (TPSA) is 108 Å². The van der Waals surface area contributed by atoms with Crippen LogP contribution in [0.1, 0.15) is 19.8 Å². The number of anilines is 1. The number of rotatable bonds is 9. The Balaban J connectivity index is 0.00000529.